The summed E-state index contributed by atoms with van der Waals surface area (Å²) < 4.78 is 12.6. The Morgan fingerprint density at radius 2 is 1.96 bits per heavy atom. The standard InChI is InChI=1S/C15H22N6O2/c1-16-15(18-10-14-20-19-11-21(14)2)17-8-9-23-13-6-4-12(22-3)5-7-13/h4-7,11H,8-10H2,1-3H3,(H2,16,17,18). The van der Waals surface area contributed by atoms with Gasteiger partial charge in [-0.25, -0.2) is 0 Å². The first-order valence-corrected chi connectivity index (χ1v) is 7.27. The van der Waals surface area contributed by atoms with Crippen molar-refractivity contribution in [2.45, 2.75) is 6.54 Å². The van der Waals surface area contributed by atoms with E-state index in [0.29, 0.717) is 25.7 Å². The minimum absolute atomic E-state index is 0.525. The van der Waals surface area contributed by atoms with E-state index in [2.05, 4.69) is 25.8 Å². The zero-order valence-corrected chi connectivity index (χ0v) is 13.6. The number of aromatic nitrogens is 3. The summed E-state index contributed by atoms with van der Waals surface area (Å²) in [7, 11) is 5.26. The topological polar surface area (TPSA) is 85.6 Å². The predicted molar refractivity (Wildman–Crippen MR) is 87.7 cm³/mol. The average Bonchev–Trinajstić information content (AvgIpc) is 3.00. The van der Waals surface area contributed by atoms with E-state index in [-0.39, 0.29) is 0 Å². The molecule has 0 saturated carbocycles. The molecule has 23 heavy (non-hydrogen) atoms. The molecule has 1 aromatic heterocycles. The second kappa shape index (κ2) is 8.62. The molecule has 2 N–H and O–H groups in total. The van der Waals surface area contributed by atoms with E-state index in [0.717, 1.165) is 17.3 Å². The van der Waals surface area contributed by atoms with Crippen LogP contribution in [0.5, 0.6) is 11.5 Å². The highest BCUT2D eigenvalue weighted by atomic mass is 16.5. The van der Waals surface area contributed by atoms with Crippen molar-refractivity contribution in [3.05, 3.63) is 36.4 Å². The second-order valence-electron chi connectivity index (χ2n) is 4.73. The Labute approximate surface area is 135 Å². The molecule has 124 valence electrons. The first-order valence-electron chi connectivity index (χ1n) is 7.27. The van der Waals surface area contributed by atoms with E-state index < -0.39 is 0 Å². The van der Waals surface area contributed by atoms with Gasteiger partial charge in [-0.15, -0.1) is 10.2 Å². The molecule has 0 aliphatic heterocycles. The molecule has 1 heterocycles. The summed E-state index contributed by atoms with van der Waals surface area (Å²) >= 11 is 0. The number of ether oxygens (including phenoxy) is 2. The van der Waals surface area contributed by atoms with E-state index >= 15 is 0 Å². The van der Waals surface area contributed by atoms with Crippen molar-refractivity contribution in [1.29, 1.82) is 0 Å². The van der Waals surface area contributed by atoms with Gasteiger partial charge in [-0.1, -0.05) is 0 Å². The smallest absolute Gasteiger partial charge is 0.191 e. The predicted octanol–water partition coefficient (Wildman–Crippen LogP) is 0.568. The third-order valence-corrected chi connectivity index (χ3v) is 3.17. The van der Waals surface area contributed by atoms with Gasteiger partial charge < -0.3 is 24.7 Å². The number of rotatable bonds is 7. The van der Waals surface area contributed by atoms with Crippen LogP contribution in [0.1, 0.15) is 5.82 Å². The van der Waals surface area contributed by atoms with Gasteiger partial charge in [0.15, 0.2) is 11.8 Å². The summed E-state index contributed by atoms with van der Waals surface area (Å²) in [5, 5.41) is 14.2. The minimum atomic E-state index is 0.525. The zero-order chi connectivity index (χ0) is 16.5. The van der Waals surface area contributed by atoms with Crippen LogP contribution in [0.2, 0.25) is 0 Å². The van der Waals surface area contributed by atoms with Gasteiger partial charge in [0.05, 0.1) is 20.2 Å². The summed E-state index contributed by atoms with van der Waals surface area (Å²) in [6.45, 7) is 1.71. The Balaban J connectivity index is 1.68. The van der Waals surface area contributed by atoms with Crippen LogP contribution in [-0.4, -0.2) is 48.0 Å². The molecule has 8 nitrogen and oxygen atoms in total. The quantitative estimate of drug-likeness (QED) is 0.441. The van der Waals surface area contributed by atoms with E-state index in [1.165, 1.54) is 0 Å². The maximum Gasteiger partial charge on any atom is 0.191 e. The van der Waals surface area contributed by atoms with Crippen LogP contribution < -0.4 is 20.1 Å². The summed E-state index contributed by atoms with van der Waals surface area (Å²) in [6, 6.07) is 7.48. The molecule has 0 aliphatic carbocycles. The Kier molecular flexibility index (Phi) is 6.22. The van der Waals surface area contributed by atoms with Gasteiger partial charge in [-0.05, 0) is 24.3 Å². The largest absolute Gasteiger partial charge is 0.497 e. The van der Waals surface area contributed by atoms with Crippen molar-refractivity contribution in [1.82, 2.24) is 25.4 Å². The third-order valence-electron chi connectivity index (χ3n) is 3.17. The van der Waals surface area contributed by atoms with Gasteiger partial charge >= 0.3 is 0 Å². The third kappa shape index (κ3) is 5.17. The fourth-order valence-corrected chi connectivity index (χ4v) is 1.86. The molecule has 0 radical (unpaired) electrons. The molecule has 0 unspecified atom stereocenters. The lowest BCUT2D eigenvalue weighted by atomic mass is 10.3. The highest BCUT2D eigenvalue weighted by molar-refractivity contribution is 5.79. The van der Waals surface area contributed by atoms with Gasteiger partial charge in [0.1, 0.15) is 24.4 Å². The first kappa shape index (κ1) is 16.6. The highest BCUT2D eigenvalue weighted by Gasteiger charge is 2.02. The van der Waals surface area contributed by atoms with Gasteiger partial charge in [0, 0.05) is 14.1 Å². The zero-order valence-electron chi connectivity index (χ0n) is 13.6. The Morgan fingerprint density at radius 3 is 2.57 bits per heavy atom. The fraction of sp³-hybridized carbons (Fsp3) is 0.400. The van der Waals surface area contributed by atoms with Crippen LogP contribution in [0.4, 0.5) is 0 Å². The Bertz CT molecular complexity index is 623. The SMILES string of the molecule is CN=C(NCCOc1ccc(OC)cc1)NCc1nncn1C. The number of benzene rings is 1. The summed E-state index contributed by atoms with van der Waals surface area (Å²) in [4.78, 5) is 4.15. The first-order chi connectivity index (χ1) is 11.2. The molecule has 0 amide bonds. The monoisotopic (exact) mass is 318 g/mol. The number of hydrogen-bond acceptors (Lipinski definition) is 5. The molecule has 0 saturated heterocycles. The number of nitrogens with zero attached hydrogens (tertiary/aromatic N) is 4. The Hall–Kier alpha value is -2.77. The van der Waals surface area contributed by atoms with Crippen molar-refractivity contribution < 1.29 is 9.47 Å². The average molecular weight is 318 g/mol. The van der Waals surface area contributed by atoms with E-state index in [4.69, 9.17) is 9.47 Å². The van der Waals surface area contributed by atoms with Crippen LogP contribution in [-0.2, 0) is 13.6 Å². The molecule has 0 spiro atoms. The molecule has 1 aromatic carbocycles. The summed E-state index contributed by atoms with van der Waals surface area (Å²) in [6.07, 6.45) is 1.66. The van der Waals surface area contributed by atoms with E-state index in [1.807, 2.05) is 35.9 Å². The molecule has 0 fully saturated rings. The lowest BCUT2D eigenvalue weighted by molar-refractivity contribution is 0.321. The maximum atomic E-state index is 5.64. The molecule has 2 rings (SSSR count). The molecule has 8 heteroatoms. The number of guanidine groups is 1. The van der Waals surface area contributed by atoms with Crippen LogP contribution in [0, 0.1) is 0 Å². The molecular formula is C15H22N6O2. The minimum Gasteiger partial charge on any atom is -0.497 e. The van der Waals surface area contributed by atoms with Crippen molar-refractivity contribution in [3.8, 4) is 11.5 Å². The van der Waals surface area contributed by atoms with Crippen LogP contribution >= 0.6 is 0 Å². The number of aryl methyl sites for hydroxylation is 1. The van der Waals surface area contributed by atoms with Gasteiger partial charge in [-0.2, -0.15) is 0 Å². The van der Waals surface area contributed by atoms with Crippen molar-refractivity contribution in [2.75, 3.05) is 27.3 Å². The summed E-state index contributed by atoms with van der Waals surface area (Å²) in [5.41, 5.74) is 0. The second-order valence-corrected chi connectivity index (χ2v) is 4.73. The molecule has 2 aromatic rings. The van der Waals surface area contributed by atoms with Crippen LogP contribution in [0.25, 0.3) is 0 Å². The number of aliphatic imine (C=N–C) groups is 1. The number of hydrogen-bond donors (Lipinski definition) is 2. The lowest BCUT2D eigenvalue weighted by Gasteiger charge is -2.12. The van der Waals surface area contributed by atoms with Crippen molar-refractivity contribution >= 4 is 5.96 Å². The summed E-state index contributed by atoms with van der Waals surface area (Å²) in [5.74, 6) is 3.13. The van der Waals surface area contributed by atoms with Gasteiger partial charge in [0.25, 0.3) is 0 Å². The van der Waals surface area contributed by atoms with Crippen molar-refractivity contribution in [2.24, 2.45) is 12.0 Å². The van der Waals surface area contributed by atoms with Gasteiger partial charge in [-0.3, -0.25) is 4.99 Å². The highest BCUT2D eigenvalue weighted by Crippen LogP contribution is 2.16. The maximum absolute atomic E-state index is 5.64. The lowest BCUT2D eigenvalue weighted by Crippen LogP contribution is -2.39. The Morgan fingerprint density at radius 1 is 1.22 bits per heavy atom. The van der Waals surface area contributed by atoms with E-state index in [9.17, 15) is 0 Å². The number of methoxy groups -OCH3 is 1. The van der Waals surface area contributed by atoms with Crippen LogP contribution in [0.3, 0.4) is 0 Å². The van der Waals surface area contributed by atoms with E-state index in [1.54, 1.807) is 20.5 Å². The molecule has 0 aliphatic rings. The molecular weight excluding hydrogens is 296 g/mol. The van der Waals surface area contributed by atoms with Gasteiger partial charge in [0.2, 0.25) is 0 Å². The number of nitrogens with one attached hydrogen (secondary N) is 2. The fourth-order valence-electron chi connectivity index (χ4n) is 1.86. The van der Waals surface area contributed by atoms with Crippen molar-refractivity contribution in [3.63, 3.8) is 0 Å². The normalized spacial score (nSPS) is 11.2. The molecule has 0 bridgehead atoms. The van der Waals surface area contributed by atoms with Crippen LogP contribution in [0.15, 0.2) is 35.6 Å². The molecule has 0 atom stereocenters.